The normalized spacial score (nSPS) is 23.2. The Hall–Kier alpha value is -1.53. The lowest BCUT2D eigenvalue weighted by atomic mass is 9.97. The van der Waals surface area contributed by atoms with Crippen molar-refractivity contribution in [2.45, 2.75) is 421 Å². The van der Waals surface area contributed by atoms with Crippen molar-refractivity contribution < 1.29 is 64.6 Å². The SMILES string of the molecule is CCCCCCC/C=C\C/C=C\CCCCCCCCCCCCCCCC(=O)NC(COC1OC(CO)C(OC2OC(CO)C(O)C(O)C2O)C(O)C1O)C(O)CCCCCCCCCCCCCCCCCCCCCCCCCCCCCCC. The number of ether oxygens (including phenoxy) is 4. The van der Waals surface area contributed by atoms with Gasteiger partial charge in [-0.2, -0.15) is 0 Å². The van der Waals surface area contributed by atoms with Gasteiger partial charge in [0.25, 0.3) is 0 Å². The molecule has 14 nitrogen and oxygen atoms in total. The number of carbonyl (C=O) groups excluding carboxylic acids is 1. The van der Waals surface area contributed by atoms with Gasteiger partial charge in [-0.25, -0.2) is 0 Å². The molecule has 0 aliphatic carbocycles. The van der Waals surface area contributed by atoms with E-state index in [0.29, 0.717) is 12.8 Å². The summed E-state index contributed by atoms with van der Waals surface area (Å²) in [5.41, 5.74) is 0. The van der Waals surface area contributed by atoms with Crippen LogP contribution in [0, 0.1) is 0 Å². The summed E-state index contributed by atoms with van der Waals surface area (Å²) >= 11 is 0. The number of nitrogens with one attached hydrogen (secondary N) is 1. The van der Waals surface area contributed by atoms with Crippen molar-refractivity contribution in [3.63, 3.8) is 0 Å². The molecular weight excluding hydrogens is 1110 g/mol. The molecule has 0 radical (unpaired) electrons. The van der Waals surface area contributed by atoms with E-state index in [4.69, 9.17) is 18.9 Å². The second-order valence-electron chi connectivity index (χ2n) is 26.8. The molecule has 2 rings (SSSR count). The van der Waals surface area contributed by atoms with Crippen LogP contribution in [-0.4, -0.2) is 140 Å². The van der Waals surface area contributed by atoms with Crippen LogP contribution in [0.3, 0.4) is 0 Å². The number of hydrogen-bond acceptors (Lipinski definition) is 13. The minimum Gasteiger partial charge on any atom is -0.394 e. The standard InChI is InChI=1S/C74H141NO13/c1-3-5-7-9-11-13-15-17-19-21-23-25-27-29-30-31-32-34-35-37-39-41-43-45-47-49-51-53-55-57-63(78)62(61-85-73-71(84)69(82)72(65(60-77)87-73)88-74-70(83)68(81)67(80)64(59-76)86-74)75-66(79)58-56-54-52-50-48-46-44-42-40-38-36-33-28-26-24-22-20-18-16-14-12-10-8-6-4-2/h16,18,22,24,62-65,67-74,76-78,80-84H,3-15,17,19-21,23,25-61H2,1-2H3,(H,75,79)/b18-16-,24-22-. The molecule has 0 spiro atoms. The van der Waals surface area contributed by atoms with E-state index in [1.807, 2.05) is 0 Å². The smallest absolute Gasteiger partial charge is 0.220 e. The molecule has 0 aromatic rings. The molecule has 14 heteroatoms. The molecule has 88 heavy (non-hydrogen) atoms. The summed E-state index contributed by atoms with van der Waals surface area (Å²) in [7, 11) is 0. The van der Waals surface area contributed by atoms with Crippen molar-refractivity contribution in [2.24, 2.45) is 0 Å². The average molecular weight is 1250 g/mol. The lowest BCUT2D eigenvalue weighted by molar-refractivity contribution is -0.359. The van der Waals surface area contributed by atoms with Crippen molar-refractivity contribution in [1.82, 2.24) is 5.32 Å². The Kier molecular flexibility index (Phi) is 55.6. The maximum Gasteiger partial charge on any atom is 0.220 e. The molecule has 2 aliphatic heterocycles. The van der Waals surface area contributed by atoms with Gasteiger partial charge in [-0.3, -0.25) is 4.79 Å². The fourth-order valence-corrected chi connectivity index (χ4v) is 12.7. The molecule has 520 valence electrons. The summed E-state index contributed by atoms with van der Waals surface area (Å²) in [4.78, 5) is 13.4. The molecule has 12 unspecified atom stereocenters. The summed E-state index contributed by atoms with van der Waals surface area (Å²) < 4.78 is 23.0. The predicted octanol–water partition coefficient (Wildman–Crippen LogP) is 15.9. The number of aliphatic hydroxyl groups is 8. The molecule has 9 N–H and O–H groups in total. The number of aliphatic hydroxyl groups excluding tert-OH is 8. The fourth-order valence-electron chi connectivity index (χ4n) is 12.7. The zero-order valence-electron chi connectivity index (χ0n) is 56.7. The van der Waals surface area contributed by atoms with E-state index < -0.39 is 86.8 Å². The van der Waals surface area contributed by atoms with Crippen molar-refractivity contribution in [1.29, 1.82) is 0 Å². The first-order valence-electron chi connectivity index (χ1n) is 37.6. The highest BCUT2D eigenvalue weighted by Gasteiger charge is 2.51. The zero-order valence-corrected chi connectivity index (χ0v) is 56.7. The first kappa shape index (κ1) is 82.6. The minimum absolute atomic E-state index is 0.201. The van der Waals surface area contributed by atoms with Crippen LogP contribution in [0.15, 0.2) is 24.3 Å². The fraction of sp³-hybridized carbons (Fsp3) is 0.932. The first-order valence-corrected chi connectivity index (χ1v) is 37.6. The molecule has 2 fully saturated rings. The van der Waals surface area contributed by atoms with Crippen LogP contribution in [0.4, 0.5) is 0 Å². The number of allylic oxidation sites excluding steroid dienone is 4. The van der Waals surface area contributed by atoms with E-state index in [-0.39, 0.29) is 12.5 Å². The lowest BCUT2D eigenvalue weighted by Crippen LogP contribution is -2.65. The maximum absolute atomic E-state index is 13.4. The zero-order chi connectivity index (χ0) is 63.8. The highest BCUT2D eigenvalue weighted by molar-refractivity contribution is 5.76. The van der Waals surface area contributed by atoms with Gasteiger partial charge < -0.3 is 65.1 Å². The Balaban J connectivity index is 1.64. The second-order valence-corrected chi connectivity index (χ2v) is 26.8. The molecule has 0 saturated carbocycles. The van der Waals surface area contributed by atoms with Gasteiger partial charge in [0, 0.05) is 6.42 Å². The van der Waals surface area contributed by atoms with Gasteiger partial charge in [-0.15, -0.1) is 0 Å². The van der Waals surface area contributed by atoms with E-state index in [1.54, 1.807) is 0 Å². The average Bonchev–Trinajstić information content (AvgIpc) is 2.07. The van der Waals surface area contributed by atoms with E-state index in [1.165, 1.54) is 263 Å². The molecule has 12 atom stereocenters. The Morgan fingerprint density at radius 3 is 1.14 bits per heavy atom. The Labute approximate surface area is 539 Å². The van der Waals surface area contributed by atoms with Crippen molar-refractivity contribution in [3.8, 4) is 0 Å². The van der Waals surface area contributed by atoms with E-state index in [2.05, 4.69) is 43.5 Å². The summed E-state index contributed by atoms with van der Waals surface area (Å²) in [6.45, 7) is 2.91. The molecule has 2 heterocycles. The van der Waals surface area contributed by atoms with Crippen LogP contribution < -0.4 is 5.32 Å². The Morgan fingerprint density at radius 1 is 0.409 bits per heavy atom. The van der Waals surface area contributed by atoms with Crippen LogP contribution in [0.2, 0.25) is 0 Å². The highest BCUT2D eigenvalue weighted by Crippen LogP contribution is 2.30. The summed E-state index contributed by atoms with van der Waals surface area (Å²) in [5, 5.41) is 87.7. The molecule has 2 saturated heterocycles. The van der Waals surface area contributed by atoms with Gasteiger partial charge in [0.1, 0.15) is 48.8 Å². The van der Waals surface area contributed by atoms with Gasteiger partial charge in [0.05, 0.1) is 32.0 Å². The number of carbonyl (C=O) groups is 1. The number of rotatable bonds is 63. The van der Waals surface area contributed by atoms with Gasteiger partial charge in [-0.05, 0) is 44.9 Å². The third kappa shape index (κ3) is 42.6. The summed E-state index contributed by atoms with van der Waals surface area (Å²) in [6.07, 6.45) is 57.7. The van der Waals surface area contributed by atoms with Crippen molar-refractivity contribution in [3.05, 3.63) is 24.3 Å². The summed E-state index contributed by atoms with van der Waals surface area (Å²) in [6, 6.07) is -0.830. The Morgan fingerprint density at radius 2 is 0.750 bits per heavy atom. The van der Waals surface area contributed by atoms with Crippen LogP contribution in [0.1, 0.15) is 348 Å². The van der Waals surface area contributed by atoms with E-state index >= 15 is 0 Å². The number of hydrogen-bond donors (Lipinski definition) is 9. The molecule has 0 aromatic heterocycles. The third-order valence-corrected chi connectivity index (χ3v) is 18.7. The predicted molar refractivity (Wildman–Crippen MR) is 360 cm³/mol. The van der Waals surface area contributed by atoms with Crippen LogP contribution >= 0.6 is 0 Å². The maximum atomic E-state index is 13.4. The molecule has 0 aromatic carbocycles. The van der Waals surface area contributed by atoms with E-state index in [0.717, 1.165) is 57.8 Å². The van der Waals surface area contributed by atoms with Crippen molar-refractivity contribution >= 4 is 5.91 Å². The lowest BCUT2D eigenvalue weighted by Gasteiger charge is -2.46. The monoisotopic (exact) mass is 1250 g/mol. The van der Waals surface area contributed by atoms with Gasteiger partial charge in [0.2, 0.25) is 5.91 Å². The molecular formula is C74H141NO13. The Bertz CT molecular complexity index is 1570. The van der Waals surface area contributed by atoms with Crippen LogP contribution in [-0.2, 0) is 23.7 Å². The molecule has 1 amide bonds. The molecule has 2 aliphatic rings. The van der Waals surface area contributed by atoms with Crippen LogP contribution in [0.25, 0.3) is 0 Å². The highest BCUT2D eigenvalue weighted by atomic mass is 16.7. The second kappa shape index (κ2) is 59.2. The minimum atomic E-state index is -1.78. The number of amides is 1. The van der Waals surface area contributed by atoms with Gasteiger partial charge in [-0.1, -0.05) is 321 Å². The van der Waals surface area contributed by atoms with Gasteiger partial charge >= 0.3 is 0 Å². The summed E-state index contributed by atoms with van der Waals surface area (Å²) in [5.74, 6) is -0.201. The largest absolute Gasteiger partial charge is 0.394 e. The van der Waals surface area contributed by atoms with Crippen molar-refractivity contribution in [2.75, 3.05) is 19.8 Å². The molecule has 0 bridgehead atoms. The number of unbranched alkanes of at least 4 members (excludes halogenated alkanes) is 46. The quantitative estimate of drug-likeness (QED) is 0.0204. The van der Waals surface area contributed by atoms with Gasteiger partial charge in [0.15, 0.2) is 12.6 Å². The third-order valence-electron chi connectivity index (χ3n) is 18.7. The van der Waals surface area contributed by atoms with Crippen LogP contribution in [0.5, 0.6) is 0 Å². The van der Waals surface area contributed by atoms with E-state index in [9.17, 15) is 45.6 Å². The first-order chi connectivity index (χ1) is 43.1. The topological polar surface area (TPSA) is 228 Å².